The number of hydrogen-bond donors (Lipinski definition) is 1. The molecule has 6 nitrogen and oxygen atoms in total. The van der Waals surface area contributed by atoms with Gasteiger partial charge in [0.1, 0.15) is 5.82 Å². The summed E-state index contributed by atoms with van der Waals surface area (Å²) in [7, 11) is -4.30. The minimum absolute atomic E-state index is 0.0746. The first-order valence-electron chi connectivity index (χ1n) is 11.2. The fourth-order valence-electron chi connectivity index (χ4n) is 4.51. The van der Waals surface area contributed by atoms with E-state index >= 15 is 0 Å². The van der Waals surface area contributed by atoms with Gasteiger partial charge in [0.25, 0.3) is 0 Å². The predicted octanol–water partition coefficient (Wildman–Crippen LogP) is 3.94. The van der Waals surface area contributed by atoms with E-state index < -0.39 is 38.7 Å². The van der Waals surface area contributed by atoms with Crippen molar-refractivity contribution in [3.63, 3.8) is 0 Å². The van der Waals surface area contributed by atoms with Crippen LogP contribution in [-0.4, -0.2) is 49.5 Å². The van der Waals surface area contributed by atoms with Gasteiger partial charge in [-0.05, 0) is 50.3 Å². The summed E-state index contributed by atoms with van der Waals surface area (Å²) in [5, 5.41) is -2.49. The number of sulfonamides is 1. The first-order chi connectivity index (χ1) is 16.0. The van der Waals surface area contributed by atoms with Crippen molar-refractivity contribution in [3.05, 3.63) is 53.6 Å². The van der Waals surface area contributed by atoms with Crippen LogP contribution in [0.1, 0.15) is 38.7 Å². The van der Waals surface area contributed by atoms with E-state index in [1.807, 2.05) is 0 Å². The van der Waals surface area contributed by atoms with Crippen LogP contribution >= 0.6 is 0 Å². The zero-order valence-corrected chi connectivity index (χ0v) is 19.8. The Morgan fingerprint density at radius 1 is 1.18 bits per heavy atom. The number of amides is 1. The Morgan fingerprint density at radius 3 is 2.68 bits per heavy atom. The molecule has 10 heteroatoms. The highest BCUT2D eigenvalue weighted by molar-refractivity contribution is 7.90. The van der Waals surface area contributed by atoms with E-state index in [4.69, 9.17) is 4.74 Å². The van der Waals surface area contributed by atoms with E-state index in [1.165, 1.54) is 6.07 Å². The molecule has 1 amide bonds. The van der Waals surface area contributed by atoms with Gasteiger partial charge in [-0.15, -0.1) is 0 Å². The Balaban J connectivity index is 1.76. The summed E-state index contributed by atoms with van der Waals surface area (Å²) in [6.07, 6.45) is 1.20. The molecule has 1 fully saturated rings. The Bertz CT molecular complexity index is 1200. The van der Waals surface area contributed by atoms with Gasteiger partial charge in [-0.1, -0.05) is 24.3 Å². The lowest BCUT2D eigenvalue weighted by Gasteiger charge is -2.42. The van der Waals surface area contributed by atoms with E-state index in [-0.39, 0.29) is 36.7 Å². The molecule has 0 radical (unpaired) electrons. The number of nitrogens with one attached hydrogen (secondary N) is 1. The molecule has 0 aromatic heterocycles. The SMILES string of the molecule is CC(C)(F)S(=O)(=O)NC1CCCN2C(=O)CCOc3c(F)cc(F)cc3-c3cccc(c3)CC12. The average Bonchev–Trinajstić information content (AvgIpc) is 2.74. The van der Waals surface area contributed by atoms with Crippen LogP contribution in [0, 0.1) is 11.6 Å². The monoisotopic (exact) mass is 496 g/mol. The second kappa shape index (κ2) is 9.22. The van der Waals surface area contributed by atoms with E-state index in [2.05, 4.69) is 4.72 Å². The zero-order chi connectivity index (χ0) is 24.7. The average molecular weight is 497 g/mol. The molecule has 2 aromatic rings. The van der Waals surface area contributed by atoms with Crippen molar-refractivity contribution in [2.75, 3.05) is 13.2 Å². The Hall–Kier alpha value is -2.59. The topological polar surface area (TPSA) is 75.7 Å². The maximum Gasteiger partial charge on any atom is 0.246 e. The third-order valence-corrected chi connectivity index (χ3v) is 8.19. The summed E-state index contributed by atoms with van der Waals surface area (Å²) in [5.41, 5.74) is 1.49. The number of rotatable bonds is 3. The molecule has 2 aliphatic rings. The number of nitrogens with zero attached hydrogens (tertiary/aromatic N) is 1. The highest BCUT2D eigenvalue weighted by Crippen LogP contribution is 2.35. The van der Waals surface area contributed by atoms with Crippen LogP contribution in [0.15, 0.2) is 36.4 Å². The van der Waals surface area contributed by atoms with E-state index in [1.54, 1.807) is 29.2 Å². The van der Waals surface area contributed by atoms with E-state index in [9.17, 15) is 26.4 Å². The molecule has 34 heavy (non-hydrogen) atoms. The number of carbonyl (C=O) groups is 1. The molecule has 0 aliphatic carbocycles. The fraction of sp³-hybridized carbons (Fsp3) is 0.458. The Kier molecular flexibility index (Phi) is 6.65. The molecule has 2 aromatic carbocycles. The van der Waals surface area contributed by atoms with E-state index in [0.29, 0.717) is 24.9 Å². The summed E-state index contributed by atoms with van der Waals surface area (Å²) in [5.74, 6) is -2.02. The number of alkyl halides is 1. The van der Waals surface area contributed by atoms with Crippen LogP contribution in [0.25, 0.3) is 11.1 Å². The highest BCUT2D eigenvalue weighted by Gasteiger charge is 2.41. The number of halogens is 3. The second-order valence-electron chi connectivity index (χ2n) is 9.16. The van der Waals surface area contributed by atoms with Crippen LogP contribution in [-0.2, 0) is 21.2 Å². The summed E-state index contributed by atoms with van der Waals surface area (Å²) < 4.78 is 76.1. The van der Waals surface area contributed by atoms with Crippen LogP contribution in [0.4, 0.5) is 13.2 Å². The predicted molar refractivity (Wildman–Crippen MR) is 121 cm³/mol. The number of ether oxygens (including phenoxy) is 1. The minimum atomic E-state index is -4.30. The molecule has 1 N–H and O–H groups in total. The van der Waals surface area contributed by atoms with Gasteiger partial charge in [0.2, 0.25) is 20.9 Å². The van der Waals surface area contributed by atoms with Crippen LogP contribution in [0.3, 0.4) is 0 Å². The zero-order valence-electron chi connectivity index (χ0n) is 19.0. The van der Waals surface area contributed by atoms with Gasteiger partial charge in [0, 0.05) is 24.2 Å². The summed E-state index contributed by atoms with van der Waals surface area (Å²) in [4.78, 5) is 14.7. The van der Waals surface area contributed by atoms with Crippen molar-refractivity contribution in [3.8, 4) is 16.9 Å². The quantitative estimate of drug-likeness (QED) is 0.699. The van der Waals surface area contributed by atoms with Crippen LogP contribution in [0.2, 0.25) is 0 Å². The summed E-state index contributed by atoms with van der Waals surface area (Å²) >= 11 is 0. The fourth-order valence-corrected chi connectivity index (χ4v) is 5.46. The summed E-state index contributed by atoms with van der Waals surface area (Å²) in [6, 6.07) is 7.63. The lowest BCUT2D eigenvalue weighted by Crippen LogP contribution is -2.59. The molecule has 4 rings (SSSR count). The molecule has 2 unspecified atom stereocenters. The van der Waals surface area contributed by atoms with Gasteiger partial charge in [-0.2, -0.15) is 0 Å². The Labute approximate surface area is 197 Å². The van der Waals surface area contributed by atoms with Crippen molar-refractivity contribution < 1.29 is 31.1 Å². The highest BCUT2D eigenvalue weighted by atomic mass is 32.2. The standard InChI is InChI=1S/C24H27F3N2O4S/c1-24(2,27)34(31,32)28-20-7-4-9-29-21(20)12-15-5-3-6-16(11-15)18-13-17(25)14-19(26)23(18)33-10-8-22(29)30/h3,5-6,11,13-14,20-21,28H,4,7-10,12H2,1-2H3. The molecule has 2 bridgehead atoms. The first-order valence-corrected chi connectivity index (χ1v) is 12.7. The second-order valence-corrected chi connectivity index (χ2v) is 11.4. The maximum absolute atomic E-state index is 14.5. The van der Waals surface area contributed by atoms with Crippen molar-refractivity contribution in [2.45, 2.75) is 56.6 Å². The molecule has 2 heterocycles. The number of benzene rings is 2. The van der Waals surface area contributed by atoms with Gasteiger partial charge in [0.05, 0.1) is 19.1 Å². The van der Waals surface area contributed by atoms with Gasteiger partial charge in [-0.3, -0.25) is 4.79 Å². The number of hydrogen-bond acceptors (Lipinski definition) is 4. The van der Waals surface area contributed by atoms with Crippen molar-refractivity contribution in [1.29, 1.82) is 0 Å². The van der Waals surface area contributed by atoms with Crippen molar-refractivity contribution in [2.24, 2.45) is 0 Å². The third-order valence-electron chi connectivity index (χ3n) is 6.30. The molecule has 184 valence electrons. The molecular formula is C24H27F3N2O4S. The van der Waals surface area contributed by atoms with E-state index in [0.717, 1.165) is 25.5 Å². The Morgan fingerprint density at radius 2 is 1.94 bits per heavy atom. The number of piperidine rings is 1. The molecule has 1 saturated heterocycles. The normalized spacial score (nSPS) is 21.6. The van der Waals surface area contributed by atoms with Crippen LogP contribution < -0.4 is 9.46 Å². The molecule has 2 aliphatic heterocycles. The first kappa shape index (κ1) is 24.5. The maximum atomic E-state index is 14.5. The van der Waals surface area contributed by atoms with Gasteiger partial charge >= 0.3 is 0 Å². The minimum Gasteiger partial charge on any atom is -0.489 e. The third kappa shape index (κ3) is 4.93. The largest absolute Gasteiger partial charge is 0.489 e. The van der Waals surface area contributed by atoms with Crippen molar-refractivity contribution in [1.82, 2.24) is 9.62 Å². The van der Waals surface area contributed by atoms with Gasteiger partial charge in [-0.25, -0.2) is 26.3 Å². The molecular weight excluding hydrogens is 469 g/mol. The lowest BCUT2D eigenvalue weighted by molar-refractivity contribution is -0.136. The number of carbonyl (C=O) groups excluding carboxylic acids is 1. The smallest absolute Gasteiger partial charge is 0.246 e. The molecule has 0 spiro atoms. The van der Waals surface area contributed by atoms with Gasteiger partial charge in [0.15, 0.2) is 11.6 Å². The van der Waals surface area contributed by atoms with Crippen LogP contribution in [0.5, 0.6) is 5.75 Å². The molecule has 2 atom stereocenters. The summed E-state index contributed by atoms with van der Waals surface area (Å²) in [6.45, 7) is 2.22. The van der Waals surface area contributed by atoms with Crippen molar-refractivity contribution >= 4 is 15.9 Å². The number of fused-ring (bicyclic) bond motifs is 5. The molecule has 0 saturated carbocycles. The van der Waals surface area contributed by atoms with Gasteiger partial charge < -0.3 is 9.64 Å². The lowest BCUT2D eigenvalue weighted by atomic mass is 9.90.